The largest absolute Gasteiger partial charge is 0.368 e. The summed E-state index contributed by atoms with van der Waals surface area (Å²) in [6.07, 6.45) is 0.320. The number of nitrogens with two attached hydrogens (primary N) is 1. The van der Waals surface area contributed by atoms with Gasteiger partial charge in [-0.25, -0.2) is 9.37 Å². The van der Waals surface area contributed by atoms with E-state index in [2.05, 4.69) is 15.0 Å². The third-order valence-corrected chi connectivity index (χ3v) is 2.12. The standard InChI is InChI=1S/C11H11FN4/c1-7-14-10(16-11(13)15-7)6-8-4-2-3-5-9(8)12/h2-5H,6H2,1H3,(H2,13,14,15,16). The zero-order valence-electron chi connectivity index (χ0n) is 8.81. The van der Waals surface area contributed by atoms with Gasteiger partial charge in [0.05, 0.1) is 0 Å². The van der Waals surface area contributed by atoms with Gasteiger partial charge in [0.25, 0.3) is 0 Å². The molecule has 0 atom stereocenters. The first-order chi connectivity index (χ1) is 7.65. The third-order valence-electron chi connectivity index (χ3n) is 2.12. The molecule has 82 valence electrons. The fraction of sp³-hybridized carbons (Fsp3) is 0.182. The van der Waals surface area contributed by atoms with Crippen molar-refractivity contribution in [2.75, 3.05) is 5.73 Å². The molecule has 0 aliphatic heterocycles. The minimum Gasteiger partial charge on any atom is -0.368 e. The molecule has 0 unspecified atom stereocenters. The van der Waals surface area contributed by atoms with Crippen LogP contribution in [0.3, 0.4) is 0 Å². The van der Waals surface area contributed by atoms with Crippen LogP contribution >= 0.6 is 0 Å². The molecule has 0 amide bonds. The molecule has 2 N–H and O–H groups in total. The molecular formula is C11H11FN4. The van der Waals surface area contributed by atoms with Crippen molar-refractivity contribution >= 4 is 5.95 Å². The summed E-state index contributed by atoms with van der Waals surface area (Å²) in [4.78, 5) is 11.9. The van der Waals surface area contributed by atoms with E-state index in [0.717, 1.165) is 0 Å². The first kappa shape index (κ1) is 10.5. The second-order valence-corrected chi connectivity index (χ2v) is 3.43. The molecule has 0 fully saturated rings. The molecule has 16 heavy (non-hydrogen) atoms. The highest BCUT2D eigenvalue weighted by atomic mass is 19.1. The molecule has 0 aliphatic rings. The monoisotopic (exact) mass is 218 g/mol. The summed E-state index contributed by atoms with van der Waals surface area (Å²) in [5, 5.41) is 0. The van der Waals surface area contributed by atoms with E-state index in [1.165, 1.54) is 6.07 Å². The molecule has 2 rings (SSSR count). The highest BCUT2D eigenvalue weighted by Crippen LogP contribution is 2.10. The molecule has 0 saturated heterocycles. The van der Waals surface area contributed by atoms with Crippen LogP contribution in [0.1, 0.15) is 17.2 Å². The summed E-state index contributed by atoms with van der Waals surface area (Å²) in [7, 11) is 0. The molecular weight excluding hydrogens is 207 g/mol. The smallest absolute Gasteiger partial charge is 0.223 e. The maximum absolute atomic E-state index is 13.4. The zero-order valence-corrected chi connectivity index (χ0v) is 8.81. The van der Waals surface area contributed by atoms with Crippen molar-refractivity contribution in [2.24, 2.45) is 0 Å². The molecule has 0 bridgehead atoms. The van der Waals surface area contributed by atoms with Gasteiger partial charge in [0, 0.05) is 6.42 Å². The van der Waals surface area contributed by atoms with Gasteiger partial charge in [0.15, 0.2) is 0 Å². The summed E-state index contributed by atoms with van der Waals surface area (Å²) in [5.41, 5.74) is 6.04. The van der Waals surface area contributed by atoms with Gasteiger partial charge >= 0.3 is 0 Å². The predicted molar refractivity (Wildman–Crippen MR) is 58.2 cm³/mol. The lowest BCUT2D eigenvalue weighted by Crippen LogP contribution is -2.06. The Morgan fingerprint density at radius 1 is 1.19 bits per heavy atom. The lowest BCUT2D eigenvalue weighted by Gasteiger charge is -2.03. The molecule has 1 aromatic heterocycles. The minimum absolute atomic E-state index is 0.166. The van der Waals surface area contributed by atoms with Crippen LogP contribution in [0, 0.1) is 12.7 Å². The van der Waals surface area contributed by atoms with Crippen molar-refractivity contribution in [1.29, 1.82) is 0 Å². The van der Waals surface area contributed by atoms with E-state index < -0.39 is 0 Å². The van der Waals surface area contributed by atoms with E-state index in [1.54, 1.807) is 25.1 Å². The number of halogens is 1. The van der Waals surface area contributed by atoms with Crippen molar-refractivity contribution in [3.63, 3.8) is 0 Å². The Hall–Kier alpha value is -2.04. The van der Waals surface area contributed by atoms with Crippen molar-refractivity contribution < 1.29 is 4.39 Å². The summed E-state index contributed by atoms with van der Waals surface area (Å²) in [6, 6.07) is 6.53. The quantitative estimate of drug-likeness (QED) is 0.829. The van der Waals surface area contributed by atoms with Crippen LogP contribution in [0.2, 0.25) is 0 Å². The van der Waals surface area contributed by atoms with Crippen LogP contribution in [0.5, 0.6) is 0 Å². The fourth-order valence-corrected chi connectivity index (χ4v) is 1.45. The Labute approximate surface area is 92.4 Å². The first-order valence-electron chi connectivity index (χ1n) is 4.85. The van der Waals surface area contributed by atoms with Crippen molar-refractivity contribution in [3.05, 3.63) is 47.3 Å². The predicted octanol–water partition coefficient (Wildman–Crippen LogP) is 1.49. The van der Waals surface area contributed by atoms with Crippen LogP contribution in [0.4, 0.5) is 10.3 Å². The lowest BCUT2D eigenvalue weighted by molar-refractivity contribution is 0.611. The van der Waals surface area contributed by atoms with Gasteiger partial charge in [-0.15, -0.1) is 0 Å². The van der Waals surface area contributed by atoms with E-state index in [0.29, 0.717) is 23.6 Å². The minimum atomic E-state index is -0.265. The van der Waals surface area contributed by atoms with E-state index in [9.17, 15) is 4.39 Å². The number of rotatable bonds is 2. The average Bonchev–Trinajstić information content (AvgIpc) is 2.20. The maximum Gasteiger partial charge on any atom is 0.223 e. The molecule has 0 spiro atoms. The highest BCUT2D eigenvalue weighted by molar-refractivity contribution is 5.23. The number of hydrogen-bond acceptors (Lipinski definition) is 4. The fourth-order valence-electron chi connectivity index (χ4n) is 1.45. The summed E-state index contributed by atoms with van der Waals surface area (Å²) < 4.78 is 13.4. The van der Waals surface area contributed by atoms with Crippen molar-refractivity contribution in [2.45, 2.75) is 13.3 Å². The SMILES string of the molecule is Cc1nc(N)nc(Cc2ccccc2F)n1. The van der Waals surface area contributed by atoms with Gasteiger partial charge in [0.2, 0.25) is 5.95 Å². The normalized spacial score (nSPS) is 10.4. The van der Waals surface area contributed by atoms with Crippen molar-refractivity contribution in [1.82, 2.24) is 15.0 Å². The number of aryl methyl sites for hydroxylation is 1. The van der Waals surface area contributed by atoms with Crippen LogP contribution in [-0.4, -0.2) is 15.0 Å². The molecule has 1 aromatic carbocycles. The van der Waals surface area contributed by atoms with Gasteiger partial charge < -0.3 is 5.73 Å². The zero-order chi connectivity index (χ0) is 11.5. The Morgan fingerprint density at radius 3 is 2.62 bits per heavy atom. The second-order valence-electron chi connectivity index (χ2n) is 3.43. The van der Waals surface area contributed by atoms with E-state index in [1.807, 2.05) is 0 Å². The van der Waals surface area contributed by atoms with Crippen LogP contribution < -0.4 is 5.73 Å². The number of nitrogens with zero attached hydrogens (tertiary/aromatic N) is 3. The number of aromatic nitrogens is 3. The molecule has 0 saturated carbocycles. The van der Waals surface area contributed by atoms with Crippen LogP contribution in [0.25, 0.3) is 0 Å². The number of benzene rings is 1. The van der Waals surface area contributed by atoms with E-state index in [4.69, 9.17) is 5.73 Å². The topological polar surface area (TPSA) is 64.7 Å². The first-order valence-corrected chi connectivity index (χ1v) is 4.85. The van der Waals surface area contributed by atoms with E-state index in [-0.39, 0.29) is 11.8 Å². The summed E-state index contributed by atoms with van der Waals surface area (Å²) >= 11 is 0. The molecule has 2 aromatic rings. The Bertz CT molecular complexity index is 493. The molecule has 5 heteroatoms. The van der Waals surface area contributed by atoms with Crippen LogP contribution in [0.15, 0.2) is 24.3 Å². The van der Waals surface area contributed by atoms with Gasteiger partial charge in [0.1, 0.15) is 17.5 Å². The van der Waals surface area contributed by atoms with Gasteiger partial charge in [-0.1, -0.05) is 18.2 Å². The second kappa shape index (κ2) is 4.22. The Kier molecular flexibility index (Phi) is 2.76. The van der Waals surface area contributed by atoms with Gasteiger partial charge in [-0.3, -0.25) is 0 Å². The number of nitrogen functional groups attached to an aromatic ring is 1. The lowest BCUT2D eigenvalue weighted by atomic mass is 10.1. The molecule has 1 heterocycles. The van der Waals surface area contributed by atoms with Gasteiger partial charge in [-0.2, -0.15) is 9.97 Å². The van der Waals surface area contributed by atoms with Crippen molar-refractivity contribution in [3.8, 4) is 0 Å². The Balaban J connectivity index is 2.30. The summed E-state index contributed by atoms with van der Waals surface area (Å²) in [6.45, 7) is 1.73. The van der Waals surface area contributed by atoms with E-state index >= 15 is 0 Å². The highest BCUT2D eigenvalue weighted by Gasteiger charge is 2.06. The number of anilines is 1. The maximum atomic E-state index is 13.4. The Morgan fingerprint density at radius 2 is 1.94 bits per heavy atom. The molecule has 0 aliphatic carbocycles. The van der Waals surface area contributed by atoms with Gasteiger partial charge in [-0.05, 0) is 18.6 Å². The molecule has 4 nitrogen and oxygen atoms in total. The summed E-state index contributed by atoms with van der Waals surface area (Å²) in [5.74, 6) is 0.923. The third kappa shape index (κ3) is 2.31. The van der Waals surface area contributed by atoms with Crippen LogP contribution in [-0.2, 0) is 6.42 Å². The number of hydrogen-bond donors (Lipinski definition) is 1. The molecule has 0 radical (unpaired) electrons. The average molecular weight is 218 g/mol.